The zero-order chi connectivity index (χ0) is 24.0. The molecule has 0 aliphatic heterocycles. The van der Waals surface area contributed by atoms with Gasteiger partial charge in [0.15, 0.2) is 16.6 Å². The van der Waals surface area contributed by atoms with E-state index in [2.05, 4.69) is 9.88 Å². The van der Waals surface area contributed by atoms with E-state index in [1.54, 1.807) is 43.4 Å². The van der Waals surface area contributed by atoms with E-state index in [0.717, 1.165) is 18.5 Å². The Balaban J connectivity index is 1.90. The SMILES string of the molecule is COc1cc(C=CC(=O)N(CCCN(C)C)c2nc3ccc(F)cc3s2)cc(OC)c1OC. The number of fused-ring (bicyclic) bond motifs is 1. The summed E-state index contributed by atoms with van der Waals surface area (Å²) in [5, 5.41) is 0.536. The van der Waals surface area contributed by atoms with Crippen molar-refractivity contribution in [1.82, 2.24) is 9.88 Å². The molecule has 33 heavy (non-hydrogen) atoms. The van der Waals surface area contributed by atoms with E-state index >= 15 is 0 Å². The molecule has 3 aromatic rings. The minimum atomic E-state index is -0.328. The average molecular weight is 474 g/mol. The second-order valence-electron chi connectivity index (χ2n) is 7.55. The van der Waals surface area contributed by atoms with Gasteiger partial charge < -0.3 is 19.1 Å². The number of benzene rings is 2. The Morgan fingerprint density at radius 1 is 1.06 bits per heavy atom. The van der Waals surface area contributed by atoms with Crippen molar-refractivity contribution >= 4 is 38.7 Å². The maximum absolute atomic E-state index is 13.6. The molecule has 176 valence electrons. The predicted octanol–water partition coefficient (Wildman–Crippen LogP) is 4.46. The van der Waals surface area contributed by atoms with Gasteiger partial charge >= 0.3 is 0 Å². The first-order valence-electron chi connectivity index (χ1n) is 10.4. The molecule has 0 saturated heterocycles. The number of hydrogen-bond donors (Lipinski definition) is 0. The van der Waals surface area contributed by atoms with Crippen LogP contribution in [0.3, 0.4) is 0 Å². The molecule has 2 aromatic carbocycles. The number of aromatic nitrogens is 1. The number of nitrogens with zero attached hydrogens (tertiary/aromatic N) is 3. The van der Waals surface area contributed by atoms with Gasteiger partial charge in [0, 0.05) is 12.6 Å². The molecule has 0 aliphatic rings. The van der Waals surface area contributed by atoms with Crippen LogP contribution < -0.4 is 19.1 Å². The third-order valence-electron chi connectivity index (χ3n) is 4.93. The van der Waals surface area contributed by atoms with E-state index in [-0.39, 0.29) is 11.7 Å². The molecule has 0 unspecified atom stereocenters. The number of rotatable bonds is 10. The highest BCUT2D eigenvalue weighted by molar-refractivity contribution is 7.22. The van der Waals surface area contributed by atoms with Gasteiger partial charge in [0.25, 0.3) is 5.91 Å². The van der Waals surface area contributed by atoms with Crippen molar-refractivity contribution in [2.75, 3.05) is 53.4 Å². The van der Waals surface area contributed by atoms with Crippen molar-refractivity contribution in [2.24, 2.45) is 0 Å². The van der Waals surface area contributed by atoms with Gasteiger partial charge in [0.1, 0.15) is 5.82 Å². The molecule has 0 radical (unpaired) electrons. The average Bonchev–Trinajstić information content (AvgIpc) is 3.21. The minimum absolute atomic E-state index is 0.220. The lowest BCUT2D eigenvalue weighted by atomic mass is 10.1. The number of hydrogen-bond acceptors (Lipinski definition) is 7. The van der Waals surface area contributed by atoms with E-state index in [0.29, 0.717) is 39.1 Å². The summed E-state index contributed by atoms with van der Waals surface area (Å²) in [5.74, 6) is 0.933. The molecule has 0 bridgehead atoms. The summed E-state index contributed by atoms with van der Waals surface area (Å²) in [6, 6.07) is 7.96. The van der Waals surface area contributed by atoms with Crippen LogP contribution in [0.2, 0.25) is 0 Å². The van der Waals surface area contributed by atoms with Crippen molar-refractivity contribution < 1.29 is 23.4 Å². The van der Waals surface area contributed by atoms with Crippen LogP contribution in [0, 0.1) is 5.82 Å². The van der Waals surface area contributed by atoms with Crippen LogP contribution in [0.25, 0.3) is 16.3 Å². The van der Waals surface area contributed by atoms with Crippen LogP contribution in [0.4, 0.5) is 9.52 Å². The highest BCUT2D eigenvalue weighted by Crippen LogP contribution is 2.38. The Bertz CT molecular complexity index is 1120. The third-order valence-corrected chi connectivity index (χ3v) is 5.97. The van der Waals surface area contributed by atoms with E-state index in [4.69, 9.17) is 14.2 Å². The second kappa shape index (κ2) is 11.1. The summed E-state index contributed by atoms with van der Waals surface area (Å²) in [6.07, 6.45) is 3.95. The van der Waals surface area contributed by atoms with Crippen LogP contribution in [0.15, 0.2) is 36.4 Å². The summed E-state index contributed by atoms with van der Waals surface area (Å²) >= 11 is 1.30. The molecule has 3 rings (SSSR count). The van der Waals surface area contributed by atoms with Crippen molar-refractivity contribution in [1.29, 1.82) is 0 Å². The van der Waals surface area contributed by atoms with Gasteiger partial charge in [-0.15, -0.1) is 0 Å². The van der Waals surface area contributed by atoms with Crippen LogP contribution in [-0.2, 0) is 4.79 Å². The second-order valence-corrected chi connectivity index (χ2v) is 8.56. The number of anilines is 1. The van der Waals surface area contributed by atoms with Crippen LogP contribution >= 0.6 is 11.3 Å². The molecule has 1 heterocycles. The first kappa shape index (κ1) is 24.5. The van der Waals surface area contributed by atoms with Crippen LogP contribution in [0.1, 0.15) is 12.0 Å². The minimum Gasteiger partial charge on any atom is -0.493 e. The Morgan fingerprint density at radius 2 is 1.76 bits per heavy atom. The molecular weight excluding hydrogens is 445 g/mol. The van der Waals surface area contributed by atoms with Crippen LogP contribution in [-0.4, -0.2) is 64.3 Å². The summed E-state index contributed by atoms with van der Waals surface area (Å²) in [7, 11) is 8.58. The smallest absolute Gasteiger partial charge is 0.252 e. The molecule has 0 atom stereocenters. The topological polar surface area (TPSA) is 64.1 Å². The number of thiazole rings is 1. The Hall–Kier alpha value is -3.17. The summed E-state index contributed by atoms with van der Waals surface area (Å²) < 4.78 is 30.5. The fourth-order valence-electron chi connectivity index (χ4n) is 3.30. The highest BCUT2D eigenvalue weighted by atomic mass is 32.1. The van der Waals surface area contributed by atoms with Crippen molar-refractivity contribution in [2.45, 2.75) is 6.42 Å². The number of halogens is 1. The van der Waals surface area contributed by atoms with Gasteiger partial charge in [-0.2, -0.15) is 0 Å². The standard InChI is InChI=1S/C24H28FN3O4S/c1-27(2)11-6-12-28(24-26-18-9-8-17(25)15-21(18)33-24)22(29)10-7-16-13-19(30-3)23(32-5)20(14-16)31-4/h7-10,13-15H,6,11-12H2,1-5H3. The zero-order valence-corrected chi connectivity index (χ0v) is 20.2. The third kappa shape index (κ3) is 6.00. The maximum atomic E-state index is 13.6. The molecule has 7 nitrogen and oxygen atoms in total. The van der Waals surface area contributed by atoms with E-state index < -0.39 is 0 Å². The maximum Gasteiger partial charge on any atom is 0.252 e. The molecule has 0 spiro atoms. The number of carbonyl (C=O) groups excluding carboxylic acids is 1. The predicted molar refractivity (Wildman–Crippen MR) is 130 cm³/mol. The lowest BCUT2D eigenvalue weighted by Crippen LogP contribution is -2.32. The largest absolute Gasteiger partial charge is 0.493 e. The quantitative estimate of drug-likeness (QED) is 0.405. The van der Waals surface area contributed by atoms with Gasteiger partial charge in [-0.25, -0.2) is 9.37 Å². The van der Waals surface area contributed by atoms with Crippen LogP contribution in [0.5, 0.6) is 17.2 Å². The highest BCUT2D eigenvalue weighted by Gasteiger charge is 2.19. The number of methoxy groups -OCH3 is 3. The van der Waals surface area contributed by atoms with Gasteiger partial charge in [0.2, 0.25) is 5.75 Å². The number of ether oxygens (including phenoxy) is 3. The lowest BCUT2D eigenvalue weighted by molar-refractivity contribution is -0.114. The molecule has 1 amide bonds. The fraction of sp³-hybridized carbons (Fsp3) is 0.333. The molecule has 9 heteroatoms. The lowest BCUT2D eigenvalue weighted by Gasteiger charge is -2.19. The first-order valence-corrected chi connectivity index (χ1v) is 11.2. The zero-order valence-electron chi connectivity index (χ0n) is 19.4. The molecule has 0 saturated carbocycles. The summed E-state index contributed by atoms with van der Waals surface area (Å²) in [6.45, 7) is 1.30. The fourth-order valence-corrected chi connectivity index (χ4v) is 4.32. The van der Waals surface area contributed by atoms with Gasteiger partial charge in [-0.3, -0.25) is 9.69 Å². The van der Waals surface area contributed by atoms with Gasteiger partial charge in [0.05, 0.1) is 31.5 Å². The Kier molecular flexibility index (Phi) is 8.24. The Labute approximate surface area is 197 Å². The molecule has 0 N–H and O–H groups in total. The van der Waals surface area contributed by atoms with Crippen molar-refractivity contribution in [3.05, 3.63) is 47.8 Å². The summed E-state index contributed by atoms with van der Waals surface area (Å²) in [5.41, 5.74) is 1.38. The summed E-state index contributed by atoms with van der Waals surface area (Å²) in [4.78, 5) is 21.4. The normalized spacial score (nSPS) is 11.4. The van der Waals surface area contributed by atoms with E-state index in [1.807, 2.05) is 14.1 Å². The number of amides is 1. The van der Waals surface area contributed by atoms with Gasteiger partial charge in [-0.05, 0) is 69.0 Å². The first-order chi connectivity index (χ1) is 15.9. The molecular formula is C24H28FN3O4S. The Morgan fingerprint density at radius 3 is 2.36 bits per heavy atom. The van der Waals surface area contributed by atoms with Crippen molar-refractivity contribution in [3.8, 4) is 17.2 Å². The number of carbonyl (C=O) groups is 1. The molecule has 0 fully saturated rings. The van der Waals surface area contributed by atoms with Gasteiger partial charge in [-0.1, -0.05) is 11.3 Å². The van der Waals surface area contributed by atoms with E-state index in [9.17, 15) is 9.18 Å². The monoisotopic (exact) mass is 473 g/mol. The van der Waals surface area contributed by atoms with Crippen molar-refractivity contribution in [3.63, 3.8) is 0 Å². The molecule has 1 aromatic heterocycles. The molecule has 0 aliphatic carbocycles. The van der Waals surface area contributed by atoms with E-state index in [1.165, 1.54) is 36.7 Å².